The summed E-state index contributed by atoms with van der Waals surface area (Å²) < 4.78 is 5.20. The van der Waals surface area contributed by atoms with Crippen molar-refractivity contribution in [3.63, 3.8) is 0 Å². The first-order valence-electron chi connectivity index (χ1n) is 8.40. The van der Waals surface area contributed by atoms with Crippen molar-refractivity contribution in [3.8, 4) is 5.75 Å². The molecule has 5 heteroatoms. The number of nitrogens with one attached hydrogen (secondary N) is 1. The average Bonchev–Trinajstić information content (AvgIpc) is 3.03. The Hall–Kier alpha value is -2.82. The monoisotopic (exact) mass is 338 g/mol. The number of benzene rings is 2. The summed E-state index contributed by atoms with van der Waals surface area (Å²) in [7, 11) is 1.63. The fourth-order valence-corrected chi connectivity index (χ4v) is 3.12. The predicted octanol–water partition coefficient (Wildman–Crippen LogP) is 3.18. The molecule has 130 valence electrons. The minimum absolute atomic E-state index is 0.0239. The van der Waals surface area contributed by atoms with E-state index in [4.69, 9.17) is 4.74 Å². The maximum absolute atomic E-state index is 12.2. The van der Waals surface area contributed by atoms with Gasteiger partial charge in [-0.05, 0) is 54.3 Å². The molecule has 1 N–H and O–H groups in total. The lowest BCUT2D eigenvalue weighted by Gasteiger charge is -2.15. The summed E-state index contributed by atoms with van der Waals surface area (Å²) in [6, 6.07) is 13.5. The number of anilines is 2. The van der Waals surface area contributed by atoms with Crippen molar-refractivity contribution in [2.75, 3.05) is 23.9 Å². The number of carbonyl (C=O) groups excluding carboxylic acids is 2. The SMILES string of the molecule is COc1cccc(CCC(=O)Nc2ccc3c(c2)CCN3C(C)=O)c1. The fourth-order valence-electron chi connectivity index (χ4n) is 3.12. The van der Waals surface area contributed by atoms with Gasteiger partial charge >= 0.3 is 0 Å². The molecule has 0 fully saturated rings. The second kappa shape index (κ2) is 7.38. The standard InChI is InChI=1S/C20H22N2O3/c1-14(23)22-11-10-16-13-17(7-8-19(16)22)21-20(24)9-6-15-4-3-5-18(12-15)25-2/h3-5,7-8,12-13H,6,9-11H2,1-2H3,(H,21,24). The third-order valence-electron chi connectivity index (χ3n) is 4.41. The number of hydrogen-bond acceptors (Lipinski definition) is 3. The van der Waals surface area contributed by atoms with E-state index in [0.29, 0.717) is 19.4 Å². The molecule has 0 radical (unpaired) electrons. The molecule has 0 aromatic heterocycles. The first kappa shape index (κ1) is 17.0. The van der Waals surface area contributed by atoms with Gasteiger partial charge < -0.3 is 15.0 Å². The molecule has 1 heterocycles. The molecular weight excluding hydrogens is 316 g/mol. The quantitative estimate of drug-likeness (QED) is 0.911. The maximum atomic E-state index is 12.2. The van der Waals surface area contributed by atoms with Gasteiger partial charge in [0, 0.05) is 31.3 Å². The number of nitrogens with zero attached hydrogens (tertiary/aromatic N) is 1. The molecule has 0 saturated heterocycles. The zero-order chi connectivity index (χ0) is 17.8. The first-order chi connectivity index (χ1) is 12.1. The van der Waals surface area contributed by atoms with Crippen molar-refractivity contribution in [2.45, 2.75) is 26.2 Å². The summed E-state index contributed by atoms with van der Waals surface area (Å²) in [5, 5.41) is 2.94. The Morgan fingerprint density at radius 3 is 2.80 bits per heavy atom. The Bertz CT molecular complexity index is 801. The molecule has 1 aliphatic heterocycles. The lowest BCUT2D eigenvalue weighted by molar-refractivity contribution is -0.117. The van der Waals surface area contributed by atoms with Gasteiger partial charge in [-0.1, -0.05) is 12.1 Å². The molecule has 2 amide bonds. The van der Waals surface area contributed by atoms with E-state index in [1.165, 1.54) is 0 Å². The molecule has 25 heavy (non-hydrogen) atoms. The third kappa shape index (κ3) is 3.99. The van der Waals surface area contributed by atoms with Crippen LogP contribution < -0.4 is 15.0 Å². The van der Waals surface area contributed by atoms with Gasteiger partial charge in [0.2, 0.25) is 11.8 Å². The molecule has 0 unspecified atom stereocenters. The molecule has 5 nitrogen and oxygen atoms in total. The highest BCUT2D eigenvalue weighted by Crippen LogP contribution is 2.30. The zero-order valence-electron chi connectivity index (χ0n) is 14.5. The van der Waals surface area contributed by atoms with Crippen LogP contribution in [-0.2, 0) is 22.4 Å². The van der Waals surface area contributed by atoms with Crippen LogP contribution in [0.15, 0.2) is 42.5 Å². The summed E-state index contributed by atoms with van der Waals surface area (Å²) in [6.45, 7) is 2.28. The molecule has 0 aliphatic carbocycles. The normalized spacial score (nSPS) is 12.6. The lowest BCUT2D eigenvalue weighted by atomic mass is 10.1. The smallest absolute Gasteiger partial charge is 0.224 e. The lowest BCUT2D eigenvalue weighted by Crippen LogP contribution is -2.25. The van der Waals surface area contributed by atoms with Crippen molar-refractivity contribution in [3.05, 3.63) is 53.6 Å². The molecule has 0 saturated carbocycles. The van der Waals surface area contributed by atoms with Gasteiger partial charge in [0.05, 0.1) is 7.11 Å². The number of ether oxygens (including phenoxy) is 1. The molecule has 0 atom stereocenters. The molecule has 2 aromatic carbocycles. The van der Waals surface area contributed by atoms with Gasteiger partial charge in [0.1, 0.15) is 5.75 Å². The second-order valence-corrected chi connectivity index (χ2v) is 6.16. The number of hydrogen-bond donors (Lipinski definition) is 1. The van der Waals surface area contributed by atoms with Crippen LogP contribution in [0.4, 0.5) is 11.4 Å². The Balaban J connectivity index is 1.59. The van der Waals surface area contributed by atoms with E-state index in [2.05, 4.69) is 5.32 Å². The Morgan fingerprint density at radius 2 is 2.04 bits per heavy atom. The van der Waals surface area contributed by atoms with Gasteiger partial charge in [0.15, 0.2) is 0 Å². The topological polar surface area (TPSA) is 58.6 Å². The third-order valence-corrected chi connectivity index (χ3v) is 4.41. The molecule has 0 bridgehead atoms. The van der Waals surface area contributed by atoms with Crippen molar-refractivity contribution in [1.29, 1.82) is 0 Å². The summed E-state index contributed by atoms with van der Waals surface area (Å²) >= 11 is 0. The van der Waals surface area contributed by atoms with E-state index in [1.54, 1.807) is 18.9 Å². The van der Waals surface area contributed by atoms with Crippen molar-refractivity contribution >= 4 is 23.2 Å². The van der Waals surface area contributed by atoms with E-state index in [0.717, 1.165) is 34.7 Å². The van der Waals surface area contributed by atoms with Gasteiger partial charge in [-0.2, -0.15) is 0 Å². The molecular formula is C20H22N2O3. The van der Waals surface area contributed by atoms with Crippen LogP contribution in [0, 0.1) is 0 Å². The molecule has 2 aromatic rings. The first-order valence-corrected chi connectivity index (χ1v) is 8.40. The van der Waals surface area contributed by atoms with Crippen LogP contribution in [0.25, 0.3) is 0 Å². The molecule has 0 spiro atoms. The summed E-state index contributed by atoms with van der Waals surface area (Å²) in [5.74, 6) is 0.824. The number of carbonyl (C=O) groups is 2. The van der Waals surface area contributed by atoms with Crippen LogP contribution >= 0.6 is 0 Å². The minimum Gasteiger partial charge on any atom is -0.497 e. The number of rotatable bonds is 5. The largest absolute Gasteiger partial charge is 0.497 e. The Morgan fingerprint density at radius 1 is 1.20 bits per heavy atom. The van der Waals surface area contributed by atoms with Crippen molar-refractivity contribution in [1.82, 2.24) is 0 Å². The van der Waals surface area contributed by atoms with Gasteiger partial charge in [-0.3, -0.25) is 9.59 Å². The van der Waals surface area contributed by atoms with Crippen LogP contribution in [0.3, 0.4) is 0 Å². The molecule has 3 rings (SSSR count). The number of fused-ring (bicyclic) bond motifs is 1. The predicted molar refractivity (Wildman–Crippen MR) is 98.1 cm³/mol. The summed E-state index contributed by atoms with van der Waals surface area (Å²) in [6.07, 6.45) is 1.89. The second-order valence-electron chi connectivity index (χ2n) is 6.16. The van der Waals surface area contributed by atoms with E-state index in [1.807, 2.05) is 42.5 Å². The van der Waals surface area contributed by atoms with Crippen LogP contribution in [-0.4, -0.2) is 25.5 Å². The average molecular weight is 338 g/mol. The fraction of sp³-hybridized carbons (Fsp3) is 0.300. The van der Waals surface area contributed by atoms with Gasteiger partial charge in [-0.25, -0.2) is 0 Å². The summed E-state index contributed by atoms with van der Waals surface area (Å²) in [5.41, 5.74) is 3.89. The van der Waals surface area contributed by atoms with Crippen LogP contribution in [0.2, 0.25) is 0 Å². The van der Waals surface area contributed by atoms with Crippen molar-refractivity contribution < 1.29 is 14.3 Å². The zero-order valence-corrected chi connectivity index (χ0v) is 14.5. The van der Waals surface area contributed by atoms with Crippen LogP contribution in [0.5, 0.6) is 5.75 Å². The highest BCUT2D eigenvalue weighted by Gasteiger charge is 2.22. The number of aryl methyl sites for hydroxylation is 1. The van der Waals surface area contributed by atoms with Gasteiger partial charge in [-0.15, -0.1) is 0 Å². The van der Waals surface area contributed by atoms with Crippen LogP contribution in [0.1, 0.15) is 24.5 Å². The summed E-state index contributed by atoms with van der Waals surface area (Å²) in [4.78, 5) is 25.6. The molecule has 1 aliphatic rings. The highest BCUT2D eigenvalue weighted by molar-refractivity contribution is 5.95. The van der Waals surface area contributed by atoms with E-state index < -0.39 is 0 Å². The number of methoxy groups -OCH3 is 1. The number of amides is 2. The minimum atomic E-state index is -0.0239. The van der Waals surface area contributed by atoms with E-state index in [-0.39, 0.29) is 11.8 Å². The maximum Gasteiger partial charge on any atom is 0.224 e. The van der Waals surface area contributed by atoms with E-state index in [9.17, 15) is 9.59 Å². The van der Waals surface area contributed by atoms with Crippen molar-refractivity contribution in [2.24, 2.45) is 0 Å². The highest BCUT2D eigenvalue weighted by atomic mass is 16.5. The Kier molecular flexibility index (Phi) is 5.03. The van der Waals surface area contributed by atoms with Gasteiger partial charge in [0.25, 0.3) is 0 Å². The van der Waals surface area contributed by atoms with E-state index >= 15 is 0 Å². The Labute approximate surface area is 147 Å².